The van der Waals surface area contributed by atoms with Gasteiger partial charge in [-0.2, -0.15) is 5.26 Å². The quantitative estimate of drug-likeness (QED) is 0.615. The van der Waals surface area contributed by atoms with Gasteiger partial charge in [0.25, 0.3) is 0 Å². The maximum Gasteiger partial charge on any atom is 0.311 e. The number of hydrogen-bond acceptors (Lipinski definition) is 4. The predicted octanol–water partition coefficient (Wildman–Crippen LogP) is 3.23. The second-order valence-electron chi connectivity index (χ2n) is 5.04. The van der Waals surface area contributed by atoms with E-state index in [2.05, 4.69) is 6.07 Å². The highest BCUT2D eigenvalue weighted by Crippen LogP contribution is 2.41. The first kappa shape index (κ1) is 13.3. The molecule has 0 radical (unpaired) electrons. The van der Waals surface area contributed by atoms with E-state index in [4.69, 9.17) is 4.74 Å². The fourth-order valence-electron chi connectivity index (χ4n) is 2.76. The van der Waals surface area contributed by atoms with E-state index in [-0.39, 0.29) is 16.9 Å². The zero-order valence-corrected chi connectivity index (χ0v) is 10.9. The van der Waals surface area contributed by atoms with Gasteiger partial charge in [-0.15, -0.1) is 0 Å². The Morgan fingerprint density at radius 2 is 2.16 bits per heavy atom. The monoisotopic (exact) mass is 260 g/mol. The molecule has 0 spiro atoms. The average molecular weight is 260 g/mol. The Kier molecular flexibility index (Phi) is 3.70. The molecule has 0 unspecified atom stereocenters. The van der Waals surface area contributed by atoms with Crippen LogP contribution in [0.1, 0.15) is 31.2 Å². The molecule has 1 aromatic carbocycles. The van der Waals surface area contributed by atoms with Crippen molar-refractivity contribution < 1.29 is 9.66 Å². The van der Waals surface area contributed by atoms with E-state index in [1.807, 2.05) is 6.07 Å². The van der Waals surface area contributed by atoms with Crippen LogP contribution in [-0.4, -0.2) is 12.0 Å². The minimum atomic E-state index is -0.448. The molecule has 19 heavy (non-hydrogen) atoms. The van der Waals surface area contributed by atoms with Crippen molar-refractivity contribution in [2.45, 2.75) is 32.1 Å². The lowest BCUT2D eigenvalue weighted by atomic mass is 9.81. The Hall–Kier alpha value is -2.09. The number of ether oxygens (including phenoxy) is 1. The van der Waals surface area contributed by atoms with Crippen molar-refractivity contribution in [1.29, 1.82) is 5.26 Å². The van der Waals surface area contributed by atoms with Crippen LogP contribution in [0.4, 0.5) is 5.69 Å². The highest BCUT2D eigenvalue weighted by Gasteiger charge is 2.34. The third-order valence-corrected chi connectivity index (χ3v) is 3.78. The molecule has 0 N–H and O–H groups in total. The summed E-state index contributed by atoms with van der Waals surface area (Å²) < 4.78 is 4.98. The van der Waals surface area contributed by atoms with Gasteiger partial charge in [0.05, 0.1) is 23.5 Å². The van der Waals surface area contributed by atoms with Crippen molar-refractivity contribution >= 4 is 5.69 Å². The summed E-state index contributed by atoms with van der Waals surface area (Å²) in [7, 11) is 1.41. The van der Waals surface area contributed by atoms with Crippen molar-refractivity contribution in [3.8, 4) is 11.8 Å². The standard InChI is InChI=1S/C14H16N2O3/c1-19-13-5-4-11(8-12(13)16(17)18)9-14(10-15)6-2-3-7-14/h4-5,8H,2-3,6-7,9H2,1H3. The van der Waals surface area contributed by atoms with Gasteiger partial charge in [0.2, 0.25) is 0 Å². The molecule has 0 bridgehead atoms. The largest absolute Gasteiger partial charge is 0.490 e. The van der Waals surface area contributed by atoms with Gasteiger partial charge in [-0.3, -0.25) is 10.1 Å². The third kappa shape index (κ3) is 2.68. The number of benzene rings is 1. The second-order valence-corrected chi connectivity index (χ2v) is 5.04. The molecule has 1 aromatic rings. The van der Waals surface area contributed by atoms with E-state index >= 15 is 0 Å². The lowest BCUT2D eigenvalue weighted by Crippen LogP contribution is -2.17. The van der Waals surface area contributed by atoms with Crippen LogP contribution in [-0.2, 0) is 6.42 Å². The van der Waals surface area contributed by atoms with Crippen molar-refractivity contribution in [3.05, 3.63) is 33.9 Å². The highest BCUT2D eigenvalue weighted by atomic mass is 16.6. The Morgan fingerprint density at radius 1 is 1.47 bits per heavy atom. The molecule has 2 rings (SSSR count). The van der Waals surface area contributed by atoms with E-state index in [0.717, 1.165) is 31.2 Å². The molecule has 100 valence electrons. The Bertz CT molecular complexity index is 528. The Balaban J connectivity index is 2.29. The maximum absolute atomic E-state index is 11.0. The number of nitriles is 1. The lowest BCUT2D eigenvalue weighted by Gasteiger charge is -2.20. The first-order valence-corrected chi connectivity index (χ1v) is 6.33. The van der Waals surface area contributed by atoms with Gasteiger partial charge < -0.3 is 4.74 Å². The summed E-state index contributed by atoms with van der Waals surface area (Å²) in [5.74, 6) is 0.256. The van der Waals surface area contributed by atoms with Gasteiger partial charge in [-0.05, 0) is 30.9 Å². The van der Waals surface area contributed by atoms with Gasteiger partial charge in [-0.1, -0.05) is 18.9 Å². The number of nitro groups is 1. The van der Waals surface area contributed by atoms with Crippen molar-refractivity contribution in [1.82, 2.24) is 0 Å². The van der Waals surface area contributed by atoms with Crippen molar-refractivity contribution in [2.24, 2.45) is 5.41 Å². The number of hydrogen-bond donors (Lipinski definition) is 0. The molecule has 1 aliphatic rings. The van der Waals surface area contributed by atoms with Crippen LogP contribution in [0.3, 0.4) is 0 Å². The van der Waals surface area contributed by atoms with E-state index in [9.17, 15) is 15.4 Å². The molecule has 0 atom stereocenters. The summed E-state index contributed by atoms with van der Waals surface area (Å²) in [5, 5.41) is 20.3. The van der Waals surface area contributed by atoms with E-state index < -0.39 is 4.92 Å². The van der Waals surface area contributed by atoms with Crippen LogP contribution in [0.5, 0.6) is 5.75 Å². The molecule has 1 fully saturated rings. The van der Waals surface area contributed by atoms with E-state index in [0.29, 0.717) is 6.42 Å². The first-order chi connectivity index (χ1) is 9.10. The molecule has 0 amide bonds. The molecule has 1 aliphatic carbocycles. The molecule has 0 aromatic heterocycles. The molecular weight excluding hydrogens is 244 g/mol. The molecule has 0 saturated heterocycles. The lowest BCUT2D eigenvalue weighted by molar-refractivity contribution is -0.385. The minimum Gasteiger partial charge on any atom is -0.490 e. The van der Waals surface area contributed by atoms with E-state index in [1.54, 1.807) is 6.07 Å². The molecular formula is C14H16N2O3. The predicted molar refractivity (Wildman–Crippen MR) is 69.9 cm³/mol. The Labute approximate surface area is 112 Å². The average Bonchev–Trinajstić information content (AvgIpc) is 2.87. The topological polar surface area (TPSA) is 76.2 Å². The fraction of sp³-hybridized carbons (Fsp3) is 0.500. The van der Waals surface area contributed by atoms with Gasteiger partial charge in [0.15, 0.2) is 5.75 Å². The molecule has 0 heterocycles. The molecule has 5 heteroatoms. The Morgan fingerprint density at radius 3 is 2.68 bits per heavy atom. The normalized spacial score (nSPS) is 16.8. The molecule has 0 aliphatic heterocycles. The fourth-order valence-corrected chi connectivity index (χ4v) is 2.76. The van der Waals surface area contributed by atoms with Crippen LogP contribution in [0, 0.1) is 26.9 Å². The SMILES string of the molecule is COc1ccc(CC2(C#N)CCCC2)cc1[N+](=O)[O-]. The van der Waals surface area contributed by atoms with Gasteiger partial charge in [0, 0.05) is 6.07 Å². The van der Waals surface area contributed by atoms with Gasteiger partial charge in [0.1, 0.15) is 0 Å². The maximum atomic E-state index is 11.0. The number of nitro benzene ring substituents is 1. The van der Waals surface area contributed by atoms with Crippen LogP contribution in [0.25, 0.3) is 0 Å². The summed E-state index contributed by atoms with van der Waals surface area (Å²) in [6.45, 7) is 0. The number of methoxy groups -OCH3 is 1. The van der Waals surface area contributed by atoms with Crippen molar-refractivity contribution in [3.63, 3.8) is 0 Å². The van der Waals surface area contributed by atoms with Crippen LogP contribution in [0.15, 0.2) is 18.2 Å². The van der Waals surface area contributed by atoms with E-state index in [1.165, 1.54) is 13.2 Å². The van der Waals surface area contributed by atoms with Gasteiger partial charge in [-0.25, -0.2) is 0 Å². The molecule has 5 nitrogen and oxygen atoms in total. The summed E-state index contributed by atoms with van der Waals surface area (Å²) >= 11 is 0. The van der Waals surface area contributed by atoms with Crippen LogP contribution < -0.4 is 4.74 Å². The smallest absolute Gasteiger partial charge is 0.311 e. The first-order valence-electron chi connectivity index (χ1n) is 6.33. The zero-order valence-electron chi connectivity index (χ0n) is 10.9. The third-order valence-electron chi connectivity index (χ3n) is 3.78. The number of nitrogens with zero attached hydrogens (tertiary/aromatic N) is 2. The summed E-state index contributed by atoms with van der Waals surface area (Å²) in [6, 6.07) is 7.34. The molecule has 1 saturated carbocycles. The minimum absolute atomic E-state index is 0.0360. The summed E-state index contributed by atoms with van der Waals surface area (Å²) in [6.07, 6.45) is 4.46. The second kappa shape index (κ2) is 5.27. The van der Waals surface area contributed by atoms with Crippen molar-refractivity contribution in [2.75, 3.05) is 7.11 Å². The van der Waals surface area contributed by atoms with Crippen LogP contribution in [0.2, 0.25) is 0 Å². The van der Waals surface area contributed by atoms with Crippen LogP contribution >= 0.6 is 0 Å². The summed E-state index contributed by atoms with van der Waals surface area (Å²) in [4.78, 5) is 10.5. The zero-order chi connectivity index (χ0) is 13.9. The number of rotatable bonds is 4. The highest BCUT2D eigenvalue weighted by molar-refractivity contribution is 5.49. The van der Waals surface area contributed by atoms with Gasteiger partial charge >= 0.3 is 5.69 Å². The summed E-state index contributed by atoms with van der Waals surface area (Å²) in [5.41, 5.74) is 0.449.